The lowest BCUT2D eigenvalue weighted by Crippen LogP contribution is -2.10. The Hall–Kier alpha value is -1.06. The van der Waals surface area contributed by atoms with Crippen LogP contribution in [0.2, 0.25) is 10.0 Å². The quantitative estimate of drug-likeness (QED) is 0.677. The van der Waals surface area contributed by atoms with E-state index in [0.717, 1.165) is 23.6 Å². The minimum atomic E-state index is 0.341. The van der Waals surface area contributed by atoms with Crippen molar-refractivity contribution in [2.75, 3.05) is 0 Å². The van der Waals surface area contributed by atoms with Gasteiger partial charge < -0.3 is 0 Å². The molecule has 0 fully saturated rings. The highest BCUT2D eigenvalue weighted by atomic mass is 35.5. The van der Waals surface area contributed by atoms with Crippen LogP contribution in [0.5, 0.6) is 0 Å². The zero-order valence-electron chi connectivity index (χ0n) is 11.6. The molecule has 3 nitrogen and oxygen atoms in total. The van der Waals surface area contributed by atoms with Crippen molar-refractivity contribution in [2.24, 2.45) is 0 Å². The summed E-state index contributed by atoms with van der Waals surface area (Å²) in [5, 5.41) is 5.60. The van der Waals surface area contributed by atoms with Gasteiger partial charge in [-0.15, -0.1) is 0 Å². The van der Waals surface area contributed by atoms with E-state index in [1.165, 1.54) is 19.3 Å². The Bertz CT molecular complexity index is 526. The van der Waals surface area contributed by atoms with Crippen molar-refractivity contribution in [3.05, 3.63) is 46.5 Å². The van der Waals surface area contributed by atoms with Gasteiger partial charge in [0.15, 0.2) is 0 Å². The first-order chi connectivity index (χ1) is 9.70. The van der Waals surface area contributed by atoms with E-state index in [4.69, 9.17) is 23.2 Å². The average Bonchev–Trinajstić information content (AvgIpc) is 2.91. The second-order valence-corrected chi connectivity index (χ2v) is 5.82. The summed E-state index contributed by atoms with van der Waals surface area (Å²) in [6.07, 6.45) is 8.04. The molecule has 0 N–H and O–H groups in total. The number of unbranched alkanes of at least 4 members (excludes halogenated alkanes) is 2. The molecule has 0 aliphatic heterocycles. The third kappa shape index (κ3) is 4.22. The Morgan fingerprint density at radius 3 is 2.75 bits per heavy atom. The Balaban J connectivity index is 2.15. The Kier molecular flexibility index (Phi) is 5.86. The molecule has 1 heterocycles. The van der Waals surface area contributed by atoms with Gasteiger partial charge in [0.05, 0.1) is 0 Å². The van der Waals surface area contributed by atoms with Crippen LogP contribution < -0.4 is 0 Å². The fourth-order valence-corrected chi connectivity index (χ4v) is 2.93. The van der Waals surface area contributed by atoms with E-state index in [0.29, 0.717) is 10.9 Å². The van der Waals surface area contributed by atoms with Gasteiger partial charge in [0, 0.05) is 22.5 Å². The highest BCUT2D eigenvalue weighted by Crippen LogP contribution is 2.32. The summed E-state index contributed by atoms with van der Waals surface area (Å²) in [6.45, 7) is 3.01. The SMILES string of the molecule is CCCCCC(Cn1cncn1)c1ccc(Cl)cc1Cl. The first-order valence-electron chi connectivity index (χ1n) is 6.98. The average molecular weight is 312 g/mol. The summed E-state index contributed by atoms with van der Waals surface area (Å²) in [6, 6.07) is 5.74. The van der Waals surface area contributed by atoms with Gasteiger partial charge in [-0.05, 0) is 24.1 Å². The van der Waals surface area contributed by atoms with E-state index in [2.05, 4.69) is 17.0 Å². The van der Waals surface area contributed by atoms with Crippen LogP contribution in [0.4, 0.5) is 0 Å². The number of hydrogen-bond donors (Lipinski definition) is 0. The second-order valence-electron chi connectivity index (χ2n) is 4.98. The number of rotatable bonds is 7. The molecule has 1 unspecified atom stereocenters. The van der Waals surface area contributed by atoms with Gasteiger partial charge in [-0.3, -0.25) is 4.68 Å². The molecule has 0 saturated carbocycles. The maximum atomic E-state index is 6.35. The minimum Gasteiger partial charge on any atom is -0.252 e. The summed E-state index contributed by atoms with van der Waals surface area (Å²) in [7, 11) is 0. The van der Waals surface area contributed by atoms with Gasteiger partial charge >= 0.3 is 0 Å². The molecule has 0 aliphatic carbocycles. The molecule has 20 heavy (non-hydrogen) atoms. The largest absolute Gasteiger partial charge is 0.252 e. The van der Waals surface area contributed by atoms with E-state index in [-0.39, 0.29) is 0 Å². The monoisotopic (exact) mass is 311 g/mol. The summed E-state index contributed by atoms with van der Waals surface area (Å²) >= 11 is 12.3. The van der Waals surface area contributed by atoms with E-state index >= 15 is 0 Å². The van der Waals surface area contributed by atoms with Gasteiger partial charge in [-0.1, -0.05) is 55.5 Å². The van der Waals surface area contributed by atoms with Crippen LogP contribution in [0, 0.1) is 0 Å². The third-order valence-corrected chi connectivity index (χ3v) is 3.99. The van der Waals surface area contributed by atoms with E-state index in [1.807, 2.05) is 22.9 Å². The number of hydrogen-bond acceptors (Lipinski definition) is 2. The van der Waals surface area contributed by atoms with E-state index in [1.54, 1.807) is 12.7 Å². The Morgan fingerprint density at radius 1 is 1.25 bits per heavy atom. The number of benzene rings is 1. The first kappa shape index (κ1) is 15.3. The topological polar surface area (TPSA) is 30.7 Å². The van der Waals surface area contributed by atoms with Crippen molar-refractivity contribution >= 4 is 23.2 Å². The first-order valence-corrected chi connectivity index (χ1v) is 7.73. The van der Waals surface area contributed by atoms with Gasteiger partial charge in [0.25, 0.3) is 0 Å². The molecule has 1 aromatic heterocycles. The van der Waals surface area contributed by atoms with E-state index in [9.17, 15) is 0 Å². The predicted octanol–water partition coefficient (Wildman–Crippen LogP) is 4.95. The molecule has 0 amide bonds. The van der Waals surface area contributed by atoms with Crippen LogP contribution >= 0.6 is 23.2 Å². The number of aromatic nitrogens is 3. The minimum absolute atomic E-state index is 0.341. The molecule has 5 heteroatoms. The van der Waals surface area contributed by atoms with Crippen molar-refractivity contribution in [2.45, 2.75) is 45.1 Å². The Morgan fingerprint density at radius 2 is 2.10 bits per heavy atom. The van der Waals surface area contributed by atoms with Crippen molar-refractivity contribution in [1.82, 2.24) is 14.8 Å². The van der Waals surface area contributed by atoms with Crippen LogP contribution in [0.15, 0.2) is 30.9 Å². The van der Waals surface area contributed by atoms with Crippen molar-refractivity contribution < 1.29 is 0 Å². The van der Waals surface area contributed by atoms with Crippen molar-refractivity contribution in [1.29, 1.82) is 0 Å². The third-order valence-electron chi connectivity index (χ3n) is 3.43. The number of nitrogens with zero attached hydrogens (tertiary/aromatic N) is 3. The zero-order valence-corrected chi connectivity index (χ0v) is 13.1. The zero-order chi connectivity index (χ0) is 14.4. The maximum absolute atomic E-state index is 6.35. The molecular formula is C15H19Cl2N3. The summed E-state index contributed by atoms with van der Waals surface area (Å²) < 4.78 is 1.86. The van der Waals surface area contributed by atoms with Gasteiger partial charge in [-0.25, -0.2) is 4.98 Å². The van der Waals surface area contributed by atoms with E-state index < -0.39 is 0 Å². The Labute approximate surface area is 129 Å². The fraction of sp³-hybridized carbons (Fsp3) is 0.467. The number of halogens is 2. The molecule has 0 aliphatic rings. The highest BCUT2D eigenvalue weighted by Gasteiger charge is 2.16. The van der Waals surface area contributed by atoms with Gasteiger partial charge in [0.2, 0.25) is 0 Å². The van der Waals surface area contributed by atoms with Crippen molar-refractivity contribution in [3.8, 4) is 0 Å². The molecule has 1 atom stereocenters. The standard InChI is InChI=1S/C15H19Cl2N3/c1-2-3-4-5-12(9-20-11-18-10-19-20)14-7-6-13(16)8-15(14)17/h6-8,10-12H,2-5,9H2,1H3. The molecule has 1 aromatic carbocycles. The van der Waals surface area contributed by atoms with Gasteiger partial charge in [0.1, 0.15) is 12.7 Å². The molecule has 0 bridgehead atoms. The fourth-order valence-electron chi connectivity index (χ4n) is 2.37. The summed E-state index contributed by atoms with van der Waals surface area (Å²) in [5.41, 5.74) is 1.14. The molecule has 108 valence electrons. The smallest absolute Gasteiger partial charge is 0.137 e. The molecule has 2 rings (SSSR count). The van der Waals surface area contributed by atoms with Gasteiger partial charge in [-0.2, -0.15) is 5.10 Å². The predicted molar refractivity (Wildman–Crippen MR) is 83.4 cm³/mol. The van der Waals surface area contributed by atoms with Crippen LogP contribution in [-0.4, -0.2) is 14.8 Å². The van der Waals surface area contributed by atoms with Crippen LogP contribution in [-0.2, 0) is 6.54 Å². The summed E-state index contributed by atoms with van der Waals surface area (Å²) in [4.78, 5) is 4.00. The highest BCUT2D eigenvalue weighted by molar-refractivity contribution is 6.35. The second kappa shape index (κ2) is 7.65. The molecule has 0 spiro atoms. The molecule has 0 saturated heterocycles. The summed E-state index contributed by atoms with van der Waals surface area (Å²) in [5.74, 6) is 0.341. The normalized spacial score (nSPS) is 12.6. The molecular weight excluding hydrogens is 293 g/mol. The lowest BCUT2D eigenvalue weighted by atomic mass is 9.93. The van der Waals surface area contributed by atoms with Crippen molar-refractivity contribution in [3.63, 3.8) is 0 Å². The lowest BCUT2D eigenvalue weighted by molar-refractivity contribution is 0.469. The molecule has 2 aromatic rings. The van der Waals surface area contributed by atoms with Crippen LogP contribution in [0.1, 0.15) is 44.1 Å². The van der Waals surface area contributed by atoms with Crippen LogP contribution in [0.25, 0.3) is 0 Å². The van der Waals surface area contributed by atoms with Crippen LogP contribution in [0.3, 0.4) is 0 Å². The molecule has 0 radical (unpaired) electrons. The maximum Gasteiger partial charge on any atom is 0.137 e. The lowest BCUT2D eigenvalue weighted by Gasteiger charge is -2.18.